The van der Waals surface area contributed by atoms with Gasteiger partial charge in [0.1, 0.15) is 0 Å². The second kappa shape index (κ2) is 8.91. The minimum atomic E-state index is -2.84. The second-order valence-electron chi connectivity index (χ2n) is 8.60. The third-order valence-corrected chi connectivity index (χ3v) is 8.17. The highest BCUT2D eigenvalue weighted by Crippen LogP contribution is 2.29. The first-order valence-corrected chi connectivity index (χ1v) is 12.1. The van der Waals surface area contributed by atoms with Crippen LogP contribution in [0.2, 0.25) is 0 Å². The van der Waals surface area contributed by atoms with E-state index in [1.807, 2.05) is 0 Å². The van der Waals surface area contributed by atoms with Crippen LogP contribution in [0.5, 0.6) is 0 Å². The fourth-order valence-electron chi connectivity index (χ4n) is 4.28. The molecule has 4 atom stereocenters. The third kappa shape index (κ3) is 5.84. The summed E-state index contributed by atoms with van der Waals surface area (Å²) in [4.78, 5) is 4.79. The minimum absolute atomic E-state index is 0.165. The fraction of sp³-hybridized carbons (Fsp3) is 0.947. The van der Waals surface area contributed by atoms with E-state index < -0.39 is 9.84 Å². The molecule has 2 aliphatic heterocycles. The number of nitrogens with one attached hydrogen (secondary N) is 2. The molecule has 2 N–H and O–H groups in total. The Kier molecular flexibility index (Phi) is 6.83. The Morgan fingerprint density at radius 2 is 1.73 bits per heavy atom. The molecular formula is C19H35N3O3S. The molecule has 3 rings (SSSR count). The first-order valence-electron chi connectivity index (χ1n) is 10.3. The van der Waals surface area contributed by atoms with Crippen LogP contribution < -0.4 is 10.6 Å². The van der Waals surface area contributed by atoms with Gasteiger partial charge >= 0.3 is 0 Å². The van der Waals surface area contributed by atoms with Crippen LogP contribution in [0, 0.1) is 17.8 Å². The summed E-state index contributed by atoms with van der Waals surface area (Å²) >= 11 is 0. The van der Waals surface area contributed by atoms with Gasteiger partial charge in [0.05, 0.1) is 11.5 Å². The normalized spacial score (nSPS) is 36.0. The average Bonchev–Trinajstić information content (AvgIpc) is 2.96. The fourth-order valence-corrected chi connectivity index (χ4v) is 6.13. The second-order valence-corrected chi connectivity index (χ2v) is 10.8. The van der Waals surface area contributed by atoms with Crippen LogP contribution >= 0.6 is 0 Å². The monoisotopic (exact) mass is 385 g/mol. The molecule has 0 aromatic carbocycles. The summed E-state index contributed by atoms with van der Waals surface area (Å²) in [5.41, 5.74) is 0. The van der Waals surface area contributed by atoms with Gasteiger partial charge < -0.3 is 15.4 Å². The van der Waals surface area contributed by atoms with Crippen LogP contribution in [0.4, 0.5) is 0 Å². The zero-order chi connectivity index (χ0) is 18.6. The van der Waals surface area contributed by atoms with E-state index in [1.165, 1.54) is 19.3 Å². The SMILES string of the molecule is CC1CCC(NC(=NCC2CCS(=O)(=O)C2)NC2CCOCC2)CC1C. The Morgan fingerprint density at radius 1 is 1.00 bits per heavy atom. The van der Waals surface area contributed by atoms with Crippen molar-refractivity contribution >= 4 is 15.8 Å². The minimum Gasteiger partial charge on any atom is -0.381 e. The molecular weight excluding hydrogens is 350 g/mol. The van der Waals surface area contributed by atoms with Crippen LogP contribution in [0.1, 0.15) is 52.4 Å². The molecule has 4 unspecified atom stereocenters. The zero-order valence-corrected chi connectivity index (χ0v) is 17.1. The molecule has 1 aliphatic carbocycles. The van der Waals surface area contributed by atoms with Gasteiger partial charge in [-0.1, -0.05) is 13.8 Å². The van der Waals surface area contributed by atoms with E-state index in [9.17, 15) is 8.42 Å². The molecule has 0 radical (unpaired) electrons. The van der Waals surface area contributed by atoms with Crippen molar-refractivity contribution in [2.75, 3.05) is 31.3 Å². The molecule has 3 fully saturated rings. The number of aliphatic imine (C=N–C) groups is 1. The van der Waals surface area contributed by atoms with E-state index in [4.69, 9.17) is 9.73 Å². The van der Waals surface area contributed by atoms with E-state index in [1.54, 1.807) is 0 Å². The number of sulfone groups is 1. The molecule has 0 spiro atoms. The molecule has 6 nitrogen and oxygen atoms in total. The maximum atomic E-state index is 11.7. The van der Waals surface area contributed by atoms with Crippen molar-refractivity contribution in [2.45, 2.75) is 64.5 Å². The maximum Gasteiger partial charge on any atom is 0.191 e. The largest absolute Gasteiger partial charge is 0.381 e. The molecule has 150 valence electrons. The average molecular weight is 386 g/mol. The van der Waals surface area contributed by atoms with Gasteiger partial charge in [0, 0.05) is 31.8 Å². The van der Waals surface area contributed by atoms with E-state index in [0.717, 1.165) is 50.3 Å². The van der Waals surface area contributed by atoms with Crippen LogP contribution in [-0.2, 0) is 14.6 Å². The lowest BCUT2D eigenvalue weighted by Gasteiger charge is -2.34. The van der Waals surface area contributed by atoms with Gasteiger partial charge in [0.25, 0.3) is 0 Å². The smallest absolute Gasteiger partial charge is 0.191 e. The molecule has 0 bridgehead atoms. The summed E-state index contributed by atoms with van der Waals surface area (Å²) in [5, 5.41) is 7.23. The summed E-state index contributed by atoms with van der Waals surface area (Å²) in [5.74, 6) is 3.16. The lowest BCUT2D eigenvalue weighted by atomic mass is 9.79. The van der Waals surface area contributed by atoms with E-state index in [-0.39, 0.29) is 5.92 Å². The predicted molar refractivity (Wildman–Crippen MR) is 105 cm³/mol. The molecule has 7 heteroatoms. The molecule has 3 aliphatic rings. The molecule has 2 saturated heterocycles. The van der Waals surface area contributed by atoms with E-state index in [2.05, 4.69) is 24.5 Å². The summed E-state index contributed by atoms with van der Waals surface area (Å²) in [6, 6.07) is 0.849. The number of nitrogens with zero attached hydrogens (tertiary/aromatic N) is 1. The van der Waals surface area contributed by atoms with Crippen molar-refractivity contribution in [1.82, 2.24) is 10.6 Å². The highest BCUT2D eigenvalue weighted by Gasteiger charge is 2.29. The number of hydrogen-bond donors (Lipinski definition) is 2. The Bertz CT molecular complexity index is 587. The Labute approximate surface area is 158 Å². The molecule has 0 aromatic rings. The molecule has 0 aromatic heterocycles. The first-order chi connectivity index (χ1) is 12.4. The van der Waals surface area contributed by atoms with Gasteiger partial charge in [-0.25, -0.2) is 8.42 Å². The standard InChI is InChI=1S/C19H35N3O3S/c1-14-3-4-18(11-15(14)2)22-19(21-17-5-8-25-9-6-17)20-12-16-7-10-26(23,24)13-16/h14-18H,3-13H2,1-2H3,(H2,20,21,22). The summed E-state index contributed by atoms with van der Waals surface area (Å²) in [6.07, 6.45) is 6.34. The maximum absolute atomic E-state index is 11.7. The van der Waals surface area contributed by atoms with Gasteiger partial charge in [0.2, 0.25) is 0 Å². The van der Waals surface area contributed by atoms with Crippen molar-refractivity contribution in [3.05, 3.63) is 0 Å². The lowest BCUT2D eigenvalue weighted by molar-refractivity contribution is 0.0821. The van der Waals surface area contributed by atoms with Crippen molar-refractivity contribution in [1.29, 1.82) is 0 Å². The summed E-state index contributed by atoms with van der Waals surface area (Å²) < 4.78 is 28.8. The van der Waals surface area contributed by atoms with Crippen LogP contribution in [0.15, 0.2) is 4.99 Å². The molecule has 1 saturated carbocycles. The van der Waals surface area contributed by atoms with Crippen LogP contribution in [0.3, 0.4) is 0 Å². The molecule has 26 heavy (non-hydrogen) atoms. The lowest BCUT2D eigenvalue weighted by Crippen LogP contribution is -2.50. The highest BCUT2D eigenvalue weighted by atomic mass is 32.2. The van der Waals surface area contributed by atoms with E-state index >= 15 is 0 Å². The van der Waals surface area contributed by atoms with Gasteiger partial charge in [-0.3, -0.25) is 4.99 Å². The van der Waals surface area contributed by atoms with Crippen molar-refractivity contribution in [2.24, 2.45) is 22.7 Å². The third-order valence-electron chi connectivity index (χ3n) is 6.34. The van der Waals surface area contributed by atoms with Crippen molar-refractivity contribution < 1.29 is 13.2 Å². The van der Waals surface area contributed by atoms with E-state index in [0.29, 0.717) is 30.1 Å². The molecule has 2 heterocycles. The van der Waals surface area contributed by atoms with Crippen molar-refractivity contribution in [3.63, 3.8) is 0 Å². The number of rotatable bonds is 4. The Morgan fingerprint density at radius 3 is 2.38 bits per heavy atom. The molecule has 0 amide bonds. The van der Waals surface area contributed by atoms with Gasteiger partial charge in [-0.2, -0.15) is 0 Å². The van der Waals surface area contributed by atoms with Gasteiger partial charge in [-0.15, -0.1) is 0 Å². The number of ether oxygens (including phenoxy) is 1. The highest BCUT2D eigenvalue weighted by molar-refractivity contribution is 7.91. The topological polar surface area (TPSA) is 79.8 Å². The quantitative estimate of drug-likeness (QED) is 0.571. The van der Waals surface area contributed by atoms with Gasteiger partial charge in [0.15, 0.2) is 15.8 Å². The number of hydrogen-bond acceptors (Lipinski definition) is 4. The predicted octanol–water partition coefficient (Wildman–Crippen LogP) is 1.96. The van der Waals surface area contributed by atoms with Gasteiger partial charge in [-0.05, 0) is 56.3 Å². The van der Waals surface area contributed by atoms with Crippen LogP contribution in [-0.4, -0.2) is 57.7 Å². The van der Waals surface area contributed by atoms with Crippen molar-refractivity contribution in [3.8, 4) is 0 Å². The first kappa shape index (κ1) is 19.9. The zero-order valence-electron chi connectivity index (χ0n) is 16.2. The Hall–Kier alpha value is -0.820. The van der Waals surface area contributed by atoms with Crippen LogP contribution in [0.25, 0.3) is 0 Å². The number of guanidine groups is 1. The summed E-state index contributed by atoms with van der Waals surface area (Å²) in [7, 11) is -2.84. The summed E-state index contributed by atoms with van der Waals surface area (Å²) in [6.45, 7) is 6.87. The Balaban J connectivity index is 1.60.